The molecule has 0 aliphatic rings. The van der Waals surface area contributed by atoms with Crippen LogP contribution in [-0.2, 0) is 17.0 Å². The summed E-state index contributed by atoms with van der Waals surface area (Å²) in [6, 6.07) is 17.3. The Morgan fingerprint density at radius 3 is 2.75 bits per heavy atom. The summed E-state index contributed by atoms with van der Waals surface area (Å²) in [5.74, 6) is 1.31. The van der Waals surface area contributed by atoms with Crippen molar-refractivity contribution in [1.29, 1.82) is 0 Å². The Hall–Kier alpha value is -3.49. The molecule has 5 aromatic rings. The second kappa shape index (κ2) is 8.94. The van der Waals surface area contributed by atoms with Gasteiger partial charge in [-0.15, -0.1) is 10.2 Å². The molecule has 0 bridgehead atoms. The number of hydrogen-bond acceptors (Lipinski definition) is 7. The lowest BCUT2D eigenvalue weighted by molar-refractivity contribution is 0.185. The Labute approximate surface area is 188 Å². The molecule has 0 saturated carbocycles. The molecule has 3 aromatic heterocycles. The van der Waals surface area contributed by atoms with E-state index in [0.717, 1.165) is 38.3 Å². The van der Waals surface area contributed by atoms with Crippen LogP contribution in [0.2, 0.25) is 0 Å². The third kappa shape index (κ3) is 3.90. The molecular formula is C24H20N4O3S. The molecule has 8 heteroatoms. The zero-order valence-electron chi connectivity index (χ0n) is 17.4. The van der Waals surface area contributed by atoms with Crippen LogP contribution >= 0.6 is 11.8 Å². The minimum atomic E-state index is -0.360. The van der Waals surface area contributed by atoms with Crippen LogP contribution in [0.5, 0.6) is 0 Å². The SMILES string of the molecule is COCCn1c(SCc2cc(=O)oc3ccc4ccccc4c23)nnc1-c1ccncc1. The Morgan fingerprint density at radius 1 is 1.06 bits per heavy atom. The van der Waals surface area contributed by atoms with Crippen molar-refractivity contribution < 1.29 is 9.15 Å². The van der Waals surface area contributed by atoms with Crippen LogP contribution in [0.25, 0.3) is 33.1 Å². The van der Waals surface area contributed by atoms with E-state index in [4.69, 9.17) is 9.15 Å². The van der Waals surface area contributed by atoms with Crippen LogP contribution in [0.3, 0.4) is 0 Å². The van der Waals surface area contributed by atoms with Gasteiger partial charge in [0.2, 0.25) is 0 Å². The monoisotopic (exact) mass is 444 g/mol. The minimum absolute atomic E-state index is 0.360. The van der Waals surface area contributed by atoms with E-state index >= 15 is 0 Å². The summed E-state index contributed by atoms with van der Waals surface area (Å²) in [5, 5.41) is 12.7. The second-order valence-electron chi connectivity index (χ2n) is 7.23. The fraction of sp³-hybridized carbons (Fsp3) is 0.167. The molecule has 0 spiro atoms. The number of pyridine rings is 1. The molecule has 0 fully saturated rings. The van der Waals surface area contributed by atoms with E-state index in [1.807, 2.05) is 41.0 Å². The highest BCUT2D eigenvalue weighted by atomic mass is 32.2. The van der Waals surface area contributed by atoms with E-state index in [-0.39, 0.29) is 5.63 Å². The van der Waals surface area contributed by atoms with Gasteiger partial charge >= 0.3 is 5.63 Å². The first-order valence-electron chi connectivity index (χ1n) is 10.1. The van der Waals surface area contributed by atoms with E-state index in [1.54, 1.807) is 25.6 Å². The molecular weight excluding hydrogens is 424 g/mol. The Balaban J connectivity index is 1.54. The lowest BCUT2D eigenvalue weighted by Crippen LogP contribution is -2.08. The summed E-state index contributed by atoms with van der Waals surface area (Å²) in [6.07, 6.45) is 3.47. The van der Waals surface area contributed by atoms with Crippen molar-refractivity contribution >= 4 is 33.5 Å². The van der Waals surface area contributed by atoms with Crippen LogP contribution < -0.4 is 5.63 Å². The Kier molecular flexibility index (Phi) is 5.70. The van der Waals surface area contributed by atoms with Crippen LogP contribution in [0, 0.1) is 0 Å². The molecule has 5 rings (SSSR count). The summed E-state index contributed by atoms with van der Waals surface area (Å²) in [6.45, 7) is 1.15. The lowest BCUT2D eigenvalue weighted by atomic mass is 10.0. The van der Waals surface area contributed by atoms with Gasteiger partial charge in [0.1, 0.15) is 5.58 Å². The number of hydrogen-bond donors (Lipinski definition) is 0. The molecule has 160 valence electrons. The van der Waals surface area contributed by atoms with Crippen molar-refractivity contribution in [2.75, 3.05) is 13.7 Å². The number of rotatable bonds is 7. The van der Waals surface area contributed by atoms with Crippen LogP contribution in [-0.4, -0.2) is 33.5 Å². The van der Waals surface area contributed by atoms with Crippen molar-refractivity contribution in [2.24, 2.45) is 0 Å². The molecule has 7 nitrogen and oxygen atoms in total. The summed E-state index contributed by atoms with van der Waals surface area (Å²) < 4.78 is 12.8. The zero-order chi connectivity index (χ0) is 21.9. The molecule has 0 saturated heterocycles. The number of nitrogens with zero attached hydrogens (tertiary/aromatic N) is 4. The molecule has 0 amide bonds. The predicted molar refractivity (Wildman–Crippen MR) is 125 cm³/mol. The van der Waals surface area contributed by atoms with Gasteiger partial charge < -0.3 is 9.15 Å². The van der Waals surface area contributed by atoms with Gasteiger partial charge in [0, 0.05) is 42.3 Å². The first kappa shape index (κ1) is 20.4. The van der Waals surface area contributed by atoms with Gasteiger partial charge in [-0.1, -0.05) is 42.1 Å². The highest BCUT2D eigenvalue weighted by molar-refractivity contribution is 7.98. The quantitative estimate of drug-likeness (QED) is 0.207. The van der Waals surface area contributed by atoms with E-state index in [9.17, 15) is 4.79 Å². The molecule has 0 atom stereocenters. The largest absolute Gasteiger partial charge is 0.423 e. The number of thioether (sulfide) groups is 1. The average Bonchev–Trinajstić information content (AvgIpc) is 3.24. The van der Waals surface area contributed by atoms with E-state index < -0.39 is 0 Å². The van der Waals surface area contributed by atoms with Gasteiger partial charge in [-0.3, -0.25) is 9.55 Å². The van der Waals surface area contributed by atoms with Crippen molar-refractivity contribution in [2.45, 2.75) is 17.5 Å². The van der Waals surface area contributed by atoms with E-state index in [0.29, 0.717) is 24.5 Å². The Bertz CT molecular complexity index is 1450. The molecule has 0 aliphatic heterocycles. The molecule has 0 N–H and O–H groups in total. The zero-order valence-corrected chi connectivity index (χ0v) is 18.2. The fourth-order valence-electron chi connectivity index (χ4n) is 3.77. The average molecular weight is 445 g/mol. The maximum atomic E-state index is 12.2. The molecule has 0 radical (unpaired) electrons. The number of ether oxygens (including phenoxy) is 1. The molecule has 2 aromatic carbocycles. The molecule has 0 aliphatic carbocycles. The van der Waals surface area contributed by atoms with E-state index in [2.05, 4.69) is 27.3 Å². The maximum absolute atomic E-state index is 12.2. The van der Waals surface area contributed by atoms with Crippen molar-refractivity contribution in [1.82, 2.24) is 19.7 Å². The van der Waals surface area contributed by atoms with Crippen molar-refractivity contribution in [3.05, 3.63) is 83.0 Å². The van der Waals surface area contributed by atoms with Crippen LogP contribution in [0.1, 0.15) is 5.56 Å². The maximum Gasteiger partial charge on any atom is 0.336 e. The summed E-state index contributed by atoms with van der Waals surface area (Å²) in [7, 11) is 1.67. The van der Waals surface area contributed by atoms with Gasteiger partial charge in [-0.05, 0) is 34.5 Å². The molecule has 32 heavy (non-hydrogen) atoms. The van der Waals surface area contributed by atoms with Gasteiger partial charge in [0.15, 0.2) is 11.0 Å². The summed E-state index contributed by atoms with van der Waals surface area (Å²) in [5.41, 5.74) is 2.07. The topological polar surface area (TPSA) is 83.0 Å². The third-order valence-electron chi connectivity index (χ3n) is 5.25. The number of benzene rings is 2. The molecule has 3 heterocycles. The first-order chi connectivity index (χ1) is 15.7. The number of methoxy groups -OCH3 is 1. The molecule has 0 unspecified atom stereocenters. The van der Waals surface area contributed by atoms with Gasteiger partial charge in [-0.2, -0.15) is 0 Å². The van der Waals surface area contributed by atoms with Crippen molar-refractivity contribution in [3.63, 3.8) is 0 Å². The van der Waals surface area contributed by atoms with Gasteiger partial charge in [-0.25, -0.2) is 4.79 Å². The van der Waals surface area contributed by atoms with E-state index in [1.165, 1.54) is 11.8 Å². The Morgan fingerprint density at radius 2 is 1.91 bits per heavy atom. The van der Waals surface area contributed by atoms with Crippen LogP contribution in [0.4, 0.5) is 0 Å². The summed E-state index contributed by atoms with van der Waals surface area (Å²) in [4.78, 5) is 16.3. The first-order valence-corrected chi connectivity index (χ1v) is 11.1. The van der Waals surface area contributed by atoms with Crippen molar-refractivity contribution in [3.8, 4) is 11.4 Å². The normalized spacial score (nSPS) is 11.4. The smallest absolute Gasteiger partial charge is 0.336 e. The summed E-state index contributed by atoms with van der Waals surface area (Å²) >= 11 is 1.54. The lowest BCUT2D eigenvalue weighted by Gasteiger charge is -2.11. The van der Waals surface area contributed by atoms with Gasteiger partial charge in [0.05, 0.1) is 13.2 Å². The third-order valence-corrected chi connectivity index (χ3v) is 6.26. The highest BCUT2D eigenvalue weighted by Crippen LogP contribution is 2.32. The minimum Gasteiger partial charge on any atom is -0.423 e. The van der Waals surface area contributed by atoms with Crippen LogP contribution in [0.15, 0.2) is 81.4 Å². The second-order valence-corrected chi connectivity index (χ2v) is 8.17. The number of fused-ring (bicyclic) bond motifs is 3. The highest BCUT2D eigenvalue weighted by Gasteiger charge is 2.16. The van der Waals surface area contributed by atoms with Gasteiger partial charge in [0.25, 0.3) is 0 Å². The fourth-order valence-corrected chi connectivity index (χ4v) is 4.71. The standard InChI is InChI=1S/C24H20N4O3S/c1-30-13-12-28-23(17-8-10-25-11-9-17)26-27-24(28)32-15-18-14-21(29)31-20-7-6-16-4-2-3-5-19(16)22(18)20/h2-11,14H,12-13,15H2,1H3. The predicted octanol–water partition coefficient (Wildman–Crippen LogP) is 4.54. The number of aromatic nitrogens is 4.